The molecule has 1 atom stereocenters. The molecule has 0 aliphatic carbocycles. The number of nitrogens with zero attached hydrogens (tertiary/aromatic N) is 1. The Hall–Kier alpha value is -1.27. The summed E-state index contributed by atoms with van der Waals surface area (Å²) >= 11 is 12.1. The van der Waals surface area contributed by atoms with E-state index in [1.807, 2.05) is 24.3 Å². The maximum Gasteiger partial charge on any atom is 0.245 e. The van der Waals surface area contributed by atoms with Gasteiger partial charge in [0.15, 0.2) is 0 Å². The summed E-state index contributed by atoms with van der Waals surface area (Å²) in [5.41, 5.74) is 0.911. The van der Waals surface area contributed by atoms with Gasteiger partial charge in [0.1, 0.15) is 10.6 Å². The summed E-state index contributed by atoms with van der Waals surface area (Å²) in [4.78, 5) is 0.0477. The Morgan fingerprint density at radius 3 is 2.71 bits per heavy atom. The van der Waals surface area contributed by atoms with Crippen molar-refractivity contribution in [1.82, 2.24) is 4.31 Å². The number of sulfonamides is 1. The van der Waals surface area contributed by atoms with Crippen LogP contribution in [-0.2, 0) is 10.0 Å². The molecule has 0 saturated carbocycles. The zero-order valence-corrected chi connectivity index (χ0v) is 15.4. The molecule has 1 aliphatic heterocycles. The summed E-state index contributed by atoms with van der Waals surface area (Å²) in [7, 11) is -2.14. The van der Waals surface area contributed by atoms with E-state index in [9.17, 15) is 8.42 Å². The van der Waals surface area contributed by atoms with Crippen LogP contribution < -0.4 is 4.74 Å². The highest BCUT2D eigenvalue weighted by molar-refractivity contribution is 7.89. The standard InChI is InChI=1S/C17H17Cl2NO3S/c1-23-14-5-2-4-12(10-14)16-6-3-9-20(16)24(21,22)17-11-13(18)7-8-15(17)19/h2,4-5,7-8,10-11,16H,3,6,9H2,1H3/t16-/m1/s1. The summed E-state index contributed by atoms with van der Waals surface area (Å²) in [5.74, 6) is 0.706. The van der Waals surface area contributed by atoms with Gasteiger partial charge in [-0.1, -0.05) is 35.3 Å². The van der Waals surface area contributed by atoms with Crippen LogP contribution in [0.15, 0.2) is 47.4 Å². The third-order valence-corrected chi connectivity index (χ3v) is 6.79. The number of methoxy groups -OCH3 is 1. The lowest BCUT2D eigenvalue weighted by Crippen LogP contribution is -2.31. The predicted octanol–water partition coefficient (Wildman–Crippen LogP) is 4.53. The molecule has 0 N–H and O–H groups in total. The molecule has 0 unspecified atom stereocenters. The second-order valence-electron chi connectivity index (χ2n) is 5.63. The zero-order chi connectivity index (χ0) is 17.3. The van der Waals surface area contributed by atoms with Crippen molar-refractivity contribution in [3.63, 3.8) is 0 Å². The van der Waals surface area contributed by atoms with E-state index < -0.39 is 10.0 Å². The molecule has 4 nitrogen and oxygen atoms in total. The van der Waals surface area contributed by atoms with E-state index in [1.165, 1.54) is 16.4 Å². The third kappa shape index (κ3) is 3.26. The summed E-state index contributed by atoms with van der Waals surface area (Å²) in [6.45, 7) is 0.451. The molecular formula is C17H17Cl2NO3S. The first-order valence-electron chi connectivity index (χ1n) is 7.54. The topological polar surface area (TPSA) is 46.6 Å². The summed E-state index contributed by atoms with van der Waals surface area (Å²) in [6.07, 6.45) is 1.55. The quantitative estimate of drug-likeness (QED) is 0.776. The third-order valence-electron chi connectivity index (χ3n) is 4.16. The minimum atomic E-state index is -3.73. The lowest BCUT2D eigenvalue weighted by molar-refractivity contribution is 0.390. The Morgan fingerprint density at radius 1 is 1.17 bits per heavy atom. The molecule has 3 rings (SSSR count). The van der Waals surface area contributed by atoms with E-state index in [4.69, 9.17) is 27.9 Å². The van der Waals surface area contributed by atoms with Crippen molar-refractivity contribution in [2.24, 2.45) is 0 Å². The van der Waals surface area contributed by atoms with E-state index in [0.29, 0.717) is 17.3 Å². The number of hydrogen-bond donors (Lipinski definition) is 0. The predicted molar refractivity (Wildman–Crippen MR) is 95.3 cm³/mol. The van der Waals surface area contributed by atoms with Gasteiger partial charge in [0.25, 0.3) is 0 Å². The van der Waals surface area contributed by atoms with Gasteiger partial charge in [-0.25, -0.2) is 8.42 Å². The smallest absolute Gasteiger partial charge is 0.245 e. The van der Waals surface area contributed by atoms with Gasteiger partial charge in [-0.2, -0.15) is 4.31 Å². The zero-order valence-electron chi connectivity index (χ0n) is 13.1. The van der Waals surface area contributed by atoms with Crippen molar-refractivity contribution in [2.45, 2.75) is 23.8 Å². The molecule has 1 saturated heterocycles. The van der Waals surface area contributed by atoms with Gasteiger partial charge in [0.2, 0.25) is 10.0 Å². The second-order valence-corrected chi connectivity index (χ2v) is 8.33. The Bertz CT molecular complexity index is 855. The molecule has 1 aliphatic rings. The molecule has 0 spiro atoms. The maximum absolute atomic E-state index is 13.1. The van der Waals surface area contributed by atoms with Crippen LogP contribution in [0.4, 0.5) is 0 Å². The summed E-state index contributed by atoms with van der Waals surface area (Å²) in [5, 5.41) is 0.519. The van der Waals surface area contributed by atoms with Crippen molar-refractivity contribution < 1.29 is 13.2 Å². The molecule has 24 heavy (non-hydrogen) atoms. The molecule has 0 amide bonds. The van der Waals surface area contributed by atoms with Crippen LogP contribution in [0.2, 0.25) is 10.0 Å². The first-order chi connectivity index (χ1) is 11.4. The lowest BCUT2D eigenvalue weighted by atomic mass is 10.1. The molecular weight excluding hydrogens is 369 g/mol. The molecule has 1 fully saturated rings. The molecule has 7 heteroatoms. The van der Waals surface area contributed by atoms with Crippen molar-refractivity contribution in [3.8, 4) is 5.75 Å². The van der Waals surface area contributed by atoms with Crippen LogP contribution in [0.3, 0.4) is 0 Å². The minimum Gasteiger partial charge on any atom is -0.497 e. The van der Waals surface area contributed by atoms with E-state index >= 15 is 0 Å². The van der Waals surface area contributed by atoms with Crippen LogP contribution in [-0.4, -0.2) is 26.4 Å². The van der Waals surface area contributed by atoms with E-state index in [1.54, 1.807) is 13.2 Å². The molecule has 1 heterocycles. The molecule has 128 valence electrons. The molecule has 2 aromatic rings. The first-order valence-corrected chi connectivity index (χ1v) is 9.74. The number of rotatable bonds is 4. The Kier molecular flexibility index (Phi) is 5.06. The number of benzene rings is 2. The van der Waals surface area contributed by atoms with Gasteiger partial charge in [-0.15, -0.1) is 0 Å². The average molecular weight is 386 g/mol. The van der Waals surface area contributed by atoms with Gasteiger partial charge in [0, 0.05) is 11.6 Å². The molecule has 0 aromatic heterocycles. The lowest BCUT2D eigenvalue weighted by Gasteiger charge is -2.25. The highest BCUT2D eigenvalue weighted by Gasteiger charge is 2.37. The fourth-order valence-electron chi connectivity index (χ4n) is 3.01. The van der Waals surface area contributed by atoms with Gasteiger partial charge >= 0.3 is 0 Å². The van der Waals surface area contributed by atoms with Gasteiger partial charge < -0.3 is 4.74 Å². The largest absolute Gasteiger partial charge is 0.497 e. The monoisotopic (exact) mass is 385 g/mol. The normalized spacial score (nSPS) is 18.7. The molecule has 2 aromatic carbocycles. The van der Waals surface area contributed by atoms with Crippen molar-refractivity contribution in [3.05, 3.63) is 58.1 Å². The highest BCUT2D eigenvalue weighted by atomic mass is 35.5. The van der Waals surface area contributed by atoms with E-state index in [-0.39, 0.29) is 16.0 Å². The maximum atomic E-state index is 13.1. The number of halogens is 2. The van der Waals surface area contributed by atoms with Crippen LogP contribution >= 0.6 is 23.2 Å². The van der Waals surface area contributed by atoms with Gasteiger partial charge in [-0.05, 0) is 48.7 Å². The SMILES string of the molecule is COc1cccc([C@H]2CCCN2S(=O)(=O)c2cc(Cl)ccc2Cl)c1. The minimum absolute atomic E-state index is 0.0477. The molecule has 0 bridgehead atoms. The van der Waals surface area contributed by atoms with Crippen LogP contribution in [0.1, 0.15) is 24.4 Å². The Morgan fingerprint density at radius 2 is 1.96 bits per heavy atom. The second kappa shape index (κ2) is 6.92. The highest BCUT2D eigenvalue weighted by Crippen LogP contribution is 2.39. The summed E-state index contributed by atoms with van der Waals surface area (Å²) < 4.78 is 32.9. The van der Waals surface area contributed by atoms with E-state index in [0.717, 1.165) is 18.4 Å². The number of ether oxygens (including phenoxy) is 1. The van der Waals surface area contributed by atoms with Gasteiger partial charge in [-0.3, -0.25) is 0 Å². The fourth-order valence-corrected chi connectivity index (χ4v) is 5.43. The number of hydrogen-bond acceptors (Lipinski definition) is 3. The fraction of sp³-hybridized carbons (Fsp3) is 0.294. The van der Waals surface area contributed by atoms with Crippen LogP contribution in [0.5, 0.6) is 5.75 Å². The first kappa shape index (κ1) is 17.5. The Labute approximate surface area is 152 Å². The molecule has 0 radical (unpaired) electrons. The van der Waals surface area contributed by atoms with E-state index in [2.05, 4.69) is 0 Å². The Balaban J connectivity index is 2.01. The van der Waals surface area contributed by atoms with Crippen LogP contribution in [0.25, 0.3) is 0 Å². The van der Waals surface area contributed by atoms with Crippen molar-refractivity contribution in [2.75, 3.05) is 13.7 Å². The summed E-state index contributed by atoms with van der Waals surface area (Å²) in [6, 6.07) is 11.7. The van der Waals surface area contributed by atoms with Crippen molar-refractivity contribution in [1.29, 1.82) is 0 Å². The average Bonchev–Trinajstić information content (AvgIpc) is 3.07. The van der Waals surface area contributed by atoms with Crippen LogP contribution in [0, 0.1) is 0 Å². The van der Waals surface area contributed by atoms with Crippen molar-refractivity contribution >= 4 is 33.2 Å². The van der Waals surface area contributed by atoms with Gasteiger partial charge in [0.05, 0.1) is 18.2 Å².